The number of fused-ring (bicyclic) bond motifs is 1. The fourth-order valence-electron chi connectivity index (χ4n) is 2.14. The number of unbranched alkanes of at least 4 members (excludes halogenated alkanes) is 2. The number of ether oxygens (including phenoxy) is 2. The molecule has 17 heavy (non-hydrogen) atoms. The zero-order valence-electron chi connectivity index (χ0n) is 10.5. The summed E-state index contributed by atoms with van der Waals surface area (Å²) in [6.07, 6.45) is 4.61. The molecule has 0 aliphatic carbocycles. The summed E-state index contributed by atoms with van der Waals surface area (Å²) in [4.78, 5) is 0. The number of hydrogen-bond donors (Lipinski definition) is 1. The van der Waals surface area contributed by atoms with E-state index in [0.717, 1.165) is 30.9 Å². The number of aryl methyl sites for hydroxylation is 2. The summed E-state index contributed by atoms with van der Waals surface area (Å²) >= 11 is 0. The van der Waals surface area contributed by atoms with Crippen molar-refractivity contribution >= 4 is 0 Å². The van der Waals surface area contributed by atoms with Gasteiger partial charge < -0.3 is 15.2 Å². The maximum Gasteiger partial charge on any atom is 0.161 e. The van der Waals surface area contributed by atoms with Gasteiger partial charge in [-0.2, -0.15) is 0 Å². The topological polar surface area (TPSA) is 44.5 Å². The number of hydrogen-bond acceptors (Lipinski definition) is 3. The predicted molar refractivity (Wildman–Crippen MR) is 68.8 cm³/mol. The summed E-state index contributed by atoms with van der Waals surface area (Å²) in [6, 6.07) is 4.22. The van der Waals surface area contributed by atoms with E-state index in [-0.39, 0.29) is 0 Å². The summed E-state index contributed by atoms with van der Waals surface area (Å²) in [7, 11) is 0. The highest BCUT2D eigenvalue weighted by Crippen LogP contribution is 2.33. The second-order valence-corrected chi connectivity index (χ2v) is 4.52. The van der Waals surface area contributed by atoms with Gasteiger partial charge in [-0.25, -0.2) is 0 Å². The number of rotatable bonds is 5. The minimum absolute atomic E-state index is 0.655. The average molecular weight is 235 g/mol. The van der Waals surface area contributed by atoms with E-state index < -0.39 is 0 Å². The minimum atomic E-state index is 0.655. The monoisotopic (exact) mass is 235 g/mol. The summed E-state index contributed by atoms with van der Waals surface area (Å²) in [5.74, 6) is 1.79. The molecule has 2 N–H and O–H groups in total. The molecule has 3 heteroatoms. The van der Waals surface area contributed by atoms with Gasteiger partial charge in [0.05, 0.1) is 0 Å². The third-order valence-electron chi connectivity index (χ3n) is 3.15. The van der Waals surface area contributed by atoms with E-state index in [1.807, 2.05) is 0 Å². The SMILES string of the molecule is Cc1cc2c(cc1CCCCCN)OCCO2. The van der Waals surface area contributed by atoms with Crippen LogP contribution in [0.5, 0.6) is 11.5 Å². The van der Waals surface area contributed by atoms with Crippen molar-refractivity contribution in [3.8, 4) is 11.5 Å². The molecule has 0 atom stereocenters. The quantitative estimate of drug-likeness (QED) is 0.797. The molecule has 1 heterocycles. The highest BCUT2D eigenvalue weighted by atomic mass is 16.6. The van der Waals surface area contributed by atoms with Gasteiger partial charge in [-0.05, 0) is 56.0 Å². The van der Waals surface area contributed by atoms with Gasteiger partial charge in [-0.3, -0.25) is 0 Å². The third-order valence-corrected chi connectivity index (χ3v) is 3.15. The van der Waals surface area contributed by atoms with Gasteiger partial charge in [0.15, 0.2) is 11.5 Å². The van der Waals surface area contributed by atoms with E-state index >= 15 is 0 Å². The molecule has 0 fully saturated rings. The molecule has 1 aromatic carbocycles. The number of benzene rings is 1. The average Bonchev–Trinajstić information content (AvgIpc) is 2.35. The first kappa shape index (κ1) is 12.2. The van der Waals surface area contributed by atoms with E-state index in [4.69, 9.17) is 15.2 Å². The molecule has 3 nitrogen and oxygen atoms in total. The van der Waals surface area contributed by atoms with Crippen LogP contribution in [0.3, 0.4) is 0 Å². The lowest BCUT2D eigenvalue weighted by Gasteiger charge is -2.20. The second kappa shape index (κ2) is 5.92. The van der Waals surface area contributed by atoms with E-state index in [0.29, 0.717) is 13.2 Å². The molecule has 0 saturated carbocycles. The summed E-state index contributed by atoms with van der Waals surface area (Å²) in [5, 5.41) is 0. The Morgan fingerprint density at radius 2 is 1.76 bits per heavy atom. The molecular weight excluding hydrogens is 214 g/mol. The lowest BCUT2D eigenvalue weighted by atomic mass is 10.0. The first-order valence-electron chi connectivity index (χ1n) is 6.40. The molecule has 2 rings (SSSR count). The smallest absolute Gasteiger partial charge is 0.161 e. The van der Waals surface area contributed by atoms with Gasteiger partial charge in [0, 0.05) is 0 Å². The van der Waals surface area contributed by atoms with Crippen molar-refractivity contribution in [1.29, 1.82) is 0 Å². The van der Waals surface area contributed by atoms with Gasteiger partial charge in [-0.1, -0.05) is 6.42 Å². The van der Waals surface area contributed by atoms with Crippen LogP contribution < -0.4 is 15.2 Å². The van der Waals surface area contributed by atoms with Gasteiger partial charge in [0.2, 0.25) is 0 Å². The van der Waals surface area contributed by atoms with Crippen molar-refractivity contribution in [3.63, 3.8) is 0 Å². The molecule has 0 saturated heterocycles. The Bertz CT molecular complexity index is 377. The Labute approximate surface area is 103 Å². The predicted octanol–water partition coefficient (Wildman–Crippen LogP) is 2.44. The van der Waals surface area contributed by atoms with Crippen LogP contribution in [0.2, 0.25) is 0 Å². The Balaban J connectivity index is 2.01. The van der Waals surface area contributed by atoms with Crippen LogP contribution in [0.25, 0.3) is 0 Å². The number of nitrogens with two attached hydrogens (primary N) is 1. The normalized spacial score (nSPS) is 13.8. The maximum absolute atomic E-state index is 5.60. The maximum atomic E-state index is 5.60. The summed E-state index contributed by atoms with van der Waals surface area (Å²) < 4.78 is 11.2. The Hall–Kier alpha value is -1.22. The van der Waals surface area contributed by atoms with Crippen LogP contribution in [-0.4, -0.2) is 19.8 Å². The van der Waals surface area contributed by atoms with Crippen molar-refractivity contribution in [2.24, 2.45) is 5.73 Å². The van der Waals surface area contributed by atoms with E-state index in [2.05, 4.69) is 19.1 Å². The summed E-state index contributed by atoms with van der Waals surface area (Å²) in [6.45, 7) is 4.24. The standard InChI is InChI=1S/C14H21NO2/c1-11-9-13-14(17-8-7-16-13)10-12(11)5-3-2-4-6-15/h9-10H,2-8,15H2,1H3. The largest absolute Gasteiger partial charge is 0.486 e. The zero-order valence-corrected chi connectivity index (χ0v) is 10.5. The summed E-state index contributed by atoms with van der Waals surface area (Å²) in [5.41, 5.74) is 8.15. The van der Waals surface area contributed by atoms with Crippen molar-refractivity contribution < 1.29 is 9.47 Å². The van der Waals surface area contributed by atoms with Crippen molar-refractivity contribution in [2.75, 3.05) is 19.8 Å². The highest BCUT2D eigenvalue weighted by molar-refractivity contribution is 5.47. The molecule has 0 unspecified atom stereocenters. The fourth-order valence-corrected chi connectivity index (χ4v) is 2.14. The molecule has 0 aromatic heterocycles. The molecule has 0 radical (unpaired) electrons. The van der Waals surface area contributed by atoms with Crippen LogP contribution in [-0.2, 0) is 6.42 Å². The molecule has 1 aliphatic heterocycles. The molecular formula is C14H21NO2. The second-order valence-electron chi connectivity index (χ2n) is 4.52. The lowest BCUT2D eigenvalue weighted by molar-refractivity contribution is 0.171. The highest BCUT2D eigenvalue weighted by Gasteiger charge is 2.13. The van der Waals surface area contributed by atoms with Gasteiger partial charge >= 0.3 is 0 Å². The first-order valence-corrected chi connectivity index (χ1v) is 6.40. The van der Waals surface area contributed by atoms with Gasteiger partial charge in [0.25, 0.3) is 0 Å². The van der Waals surface area contributed by atoms with Crippen molar-refractivity contribution in [1.82, 2.24) is 0 Å². The van der Waals surface area contributed by atoms with Gasteiger partial charge in [0.1, 0.15) is 13.2 Å². The molecule has 1 aliphatic rings. The van der Waals surface area contributed by atoms with E-state index in [9.17, 15) is 0 Å². The Kier molecular flexibility index (Phi) is 4.26. The zero-order chi connectivity index (χ0) is 12.1. The van der Waals surface area contributed by atoms with Gasteiger partial charge in [-0.15, -0.1) is 0 Å². The minimum Gasteiger partial charge on any atom is -0.486 e. The van der Waals surface area contributed by atoms with Crippen molar-refractivity contribution in [3.05, 3.63) is 23.3 Å². The molecule has 0 spiro atoms. The Morgan fingerprint density at radius 3 is 2.47 bits per heavy atom. The van der Waals surface area contributed by atoms with Crippen LogP contribution in [0, 0.1) is 6.92 Å². The molecule has 1 aromatic rings. The van der Waals surface area contributed by atoms with Crippen molar-refractivity contribution in [2.45, 2.75) is 32.6 Å². The van der Waals surface area contributed by atoms with Crippen LogP contribution in [0.1, 0.15) is 30.4 Å². The Morgan fingerprint density at radius 1 is 1.06 bits per heavy atom. The molecule has 0 amide bonds. The fraction of sp³-hybridized carbons (Fsp3) is 0.571. The van der Waals surface area contributed by atoms with Crippen LogP contribution >= 0.6 is 0 Å². The molecule has 94 valence electrons. The van der Waals surface area contributed by atoms with E-state index in [1.54, 1.807) is 0 Å². The lowest BCUT2D eigenvalue weighted by Crippen LogP contribution is -2.15. The van der Waals surface area contributed by atoms with Crippen LogP contribution in [0.15, 0.2) is 12.1 Å². The first-order chi connectivity index (χ1) is 8.31. The van der Waals surface area contributed by atoms with E-state index in [1.165, 1.54) is 24.0 Å². The van der Waals surface area contributed by atoms with Crippen LogP contribution in [0.4, 0.5) is 0 Å². The third kappa shape index (κ3) is 3.13. The molecule has 0 bridgehead atoms.